The summed E-state index contributed by atoms with van der Waals surface area (Å²) >= 11 is 0. The molecule has 7 atom stereocenters. The molecule has 0 aliphatic heterocycles. The lowest BCUT2D eigenvalue weighted by molar-refractivity contribution is -0.0202. The highest BCUT2D eigenvalue weighted by Crippen LogP contribution is 2.86. The fourth-order valence-corrected chi connectivity index (χ4v) is 6.68. The van der Waals surface area contributed by atoms with Crippen molar-refractivity contribution in [2.24, 2.45) is 52.3 Å². The molecule has 0 amide bonds. The monoisotopic (exact) mass is 248 g/mol. The minimum absolute atomic E-state index is 0.702. The maximum absolute atomic E-state index is 2.64. The lowest BCUT2D eigenvalue weighted by Crippen LogP contribution is -2.44. The standard InChI is InChI=1S/C18H32/c1-10(2)14-8-12(5)18(14)9-17(18,7)16-13(6)15(16)11(3)4/h10-16H,8-9H2,1-7H3. The third-order valence-electron chi connectivity index (χ3n) is 7.50. The average molecular weight is 248 g/mol. The molecule has 3 aliphatic carbocycles. The Balaban J connectivity index is 1.80. The van der Waals surface area contributed by atoms with Gasteiger partial charge in [-0.05, 0) is 65.1 Å². The van der Waals surface area contributed by atoms with Gasteiger partial charge in [0.1, 0.15) is 0 Å². The van der Waals surface area contributed by atoms with E-state index in [1.807, 2.05) is 0 Å². The molecule has 0 nitrogen and oxygen atoms in total. The van der Waals surface area contributed by atoms with E-state index < -0.39 is 0 Å². The Morgan fingerprint density at radius 1 is 1.00 bits per heavy atom. The van der Waals surface area contributed by atoms with Gasteiger partial charge in [-0.3, -0.25) is 0 Å². The Morgan fingerprint density at radius 2 is 1.61 bits per heavy atom. The van der Waals surface area contributed by atoms with Crippen LogP contribution in [-0.2, 0) is 0 Å². The van der Waals surface area contributed by atoms with Crippen LogP contribution in [0.15, 0.2) is 0 Å². The fourth-order valence-electron chi connectivity index (χ4n) is 6.68. The third kappa shape index (κ3) is 1.28. The Labute approximate surface area is 114 Å². The fraction of sp³-hybridized carbons (Fsp3) is 1.00. The second-order valence-electron chi connectivity index (χ2n) is 8.83. The van der Waals surface area contributed by atoms with Gasteiger partial charge in [0.15, 0.2) is 0 Å². The van der Waals surface area contributed by atoms with Gasteiger partial charge in [0.2, 0.25) is 0 Å². The molecule has 1 spiro atoms. The van der Waals surface area contributed by atoms with E-state index in [9.17, 15) is 0 Å². The van der Waals surface area contributed by atoms with Crippen molar-refractivity contribution in [3.05, 3.63) is 0 Å². The summed E-state index contributed by atoms with van der Waals surface area (Å²) in [5.74, 6) is 6.88. The summed E-state index contributed by atoms with van der Waals surface area (Å²) in [5.41, 5.74) is 1.46. The molecular formula is C18H32. The van der Waals surface area contributed by atoms with E-state index in [4.69, 9.17) is 0 Å². The summed E-state index contributed by atoms with van der Waals surface area (Å²) < 4.78 is 0. The molecule has 0 heteroatoms. The molecule has 0 aromatic rings. The molecule has 0 heterocycles. The van der Waals surface area contributed by atoms with Crippen molar-refractivity contribution in [3.8, 4) is 0 Å². The van der Waals surface area contributed by atoms with Gasteiger partial charge in [-0.2, -0.15) is 0 Å². The first-order valence-electron chi connectivity index (χ1n) is 8.27. The maximum Gasteiger partial charge on any atom is -0.0178 e. The van der Waals surface area contributed by atoms with Crippen LogP contribution in [0.3, 0.4) is 0 Å². The molecule has 3 saturated carbocycles. The van der Waals surface area contributed by atoms with Gasteiger partial charge >= 0.3 is 0 Å². The molecule has 18 heavy (non-hydrogen) atoms. The van der Waals surface area contributed by atoms with E-state index in [0.717, 1.165) is 46.8 Å². The lowest BCUT2D eigenvalue weighted by atomic mass is 9.54. The first-order valence-corrected chi connectivity index (χ1v) is 8.27. The van der Waals surface area contributed by atoms with E-state index in [2.05, 4.69) is 48.5 Å². The van der Waals surface area contributed by atoms with Crippen LogP contribution >= 0.6 is 0 Å². The summed E-state index contributed by atoms with van der Waals surface area (Å²) in [6.07, 6.45) is 3.04. The Hall–Kier alpha value is 0. The van der Waals surface area contributed by atoms with Crippen molar-refractivity contribution in [2.75, 3.05) is 0 Å². The lowest BCUT2D eigenvalue weighted by Gasteiger charge is -2.50. The number of hydrogen-bond donors (Lipinski definition) is 0. The van der Waals surface area contributed by atoms with Gasteiger partial charge in [-0.1, -0.05) is 48.5 Å². The van der Waals surface area contributed by atoms with Crippen LogP contribution in [0.2, 0.25) is 0 Å². The van der Waals surface area contributed by atoms with E-state index in [1.54, 1.807) is 6.42 Å². The summed E-state index contributed by atoms with van der Waals surface area (Å²) in [4.78, 5) is 0. The van der Waals surface area contributed by atoms with Crippen molar-refractivity contribution in [2.45, 2.75) is 61.3 Å². The predicted octanol–water partition coefficient (Wildman–Crippen LogP) is 5.23. The molecule has 0 radical (unpaired) electrons. The van der Waals surface area contributed by atoms with E-state index in [-0.39, 0.29) is 0 Å². The summed E-state index contributed by atoms with van der Waals surface area (Å²) in [7, 11) is 0. The molecule has 3 rings (SSSR count). The zero-order chi connectivity index (χ0) is 13.5. The Morgan fingerprint density at radius 3 is 2.00 bits per heavy atom. The molecule has 0 N–H and O–H groups in total. The zero-order valence-electron chi connectivity index (χ0n) is 13.5. The molecule has 3 aliphatic rings. The molecule has 0 bridgehead atoms. The SMILES string of the molecule is CC(C)C1C(C)C1C1(C)CC12C(C)CC2C(C)C. The smallest absolute Gasteiger partial charge is 0.0178 e. The van der Waals surface area contributed by atoms with Crippen LogP contribution in [0, 0.1) is 52.3 Å². The summed E-state index contributed by atoms with van der Waals surface area (Å²) in [6, 6.07) is 0. The van der Waals surface area contributed by atoms with Gasteiger partial charge in [0, 0.05) is 0 Å². The highest BCUT2D eigenvalue weighted by Gasteiger charge is 2.80. The number of rotatable bonds is 3. The van der Waals surface area contributed by atoms with E-state index in [1.165, 1.54) is 6.42 Å². The number of hydrogen-bond acceptors (Lipinski definition) is 0. The summed E-state index contributed by atoms with van der Waals surface area (Å²) in [6.45, 7) is 17.5. The van der Waals surface area contributed by atoms with Gasteiger partial charge in [0.25, 0.3) is 0 Å². The molecule has 7 unspecified atom stereocenters. The van der Waals surface area contributed by atoms with Gasteiger partial charge in [0.05, 0.1) is 0 Å². The second-order valence-corrected chi connectivity index (χ2v) is 8.83. The van der Waals surface area contributed by atoms with E-state index >= 15 is 0 Å². The van der Waals surface area contributed by atoms with Gasteiger partial charge in [-0.15, -0.1) is 0 Å². The van der Waals surface area contributed by atoms with Crippen molar-refractivity contribution in [1.29, 1.82) is 0 Å². The summed E-state index contributed by atoms with van der Waals surface area (Å²) in [5, 5.41) is 0. The van der Waals surface area contributed by atoms with E-state index in [0.29, 0.717) is 5.41 Å². The van der Waals surface area contributed by atoms with Crippen LogP contribution in [-0.4, -0.2) is 0 Å². The molecule has 0 aromatic heterocycles. The predicted molar refractivity (Wildman–Crippen MR) is 78.2 cm³/mol. The third-order valence-corrected chi connectivity index (χ3v) is 7.50. The Bertz CT molecular complexity index is 355. The van der Waals surface area contributed by atoms with Crippen molar-refractivity contribution >= 4 is 0 Å². The van der Waals surface area contributed by atoms with Crippen LogP contribution < -0.4 is 0 Å². The first kappa shape index (κ1) is 13.0. The topological polar surface area (TPSA) is 0 Å². The van der Waals surface area contributed by atoms with Crippen LogP contribution in [0.1, 0.15) is 61.3 Å². The largest absolute Gasteiger partial charge is 0.0625 e. The highest BCUT2D eigenvalue weighted by molar-refractivity contribution is 5.28. The first-order chi connectivity index (χ1) is 8.27. The molecule has 0 saturated heterocycles. The van der Waals surface area contributed by atoms with Gasteiger partial charge in [-0.25, -0.2) is 0 Å². The Kier molecular flexibility index (Phi) is 2.57. The molecule has 0 aromatic carbocycles. The minimum atomic E-state index is 0.702. The van der Waals surface area contributed by atoms with Crippen molar-refractivity contribution < 1.29 is 0 Å². The van der Waals surface area contributed by atoms with Gasteiger partial charge < -0.3 is 0 Å². The van der Waals surface area contributed by atoms with Crippen LogP contribution in [0.5, 0.6) is 0 Å². The maximum atomic E-state index is 2.64. The highest BCUT2D eigenvalue weighted by atomic mass is 14.8. The minimum Gasteiger partial charge on any atom is -0.0625 e. The molecule has 3 fully saturated rings. The average Bonchev–Trinajstić information content (AvgIpc) is 3.09. The van der Waals surface area contributed by atoms with Crippen molar-refractivity contribution in [1.82, 2.24) is 0 Å². The van der Waals surface area contributed by atoms with Crippen molar-refractivity contribution in [3.63, 3.8) is 0 Å². The zero-order valence-corrected chi connectivity index (χ0v) is 13.5. The van der Waals surface area contributed by atoms with Crippen LogP contribution in [0.25, 0.3) is 0 Å². The second kappa shape index (κ2) is 3.55. The normalized spacial score (nSPS) is 58.2. The quantitative estimate of drug-likeness (QED) is 0.641. The molecular weight excluding hydrogens is 216 g/mol. The van der Waals surface area contributed by atoms with Crippen LogP contribution in [0.4, 0.5) is 0 Å². The molecule has 104 valence electrons.